The van der Waals surface area contributed by atoms with E-state index < -0.39 is 11.0 Å². The van der Waals surface area contributed by atoms with E-state index in [9.17, 15) is 14.9 Å². The Morgan fingerprint density at radius 2 is 1.95 bits per heavy atom. The largest absolute Gasteiger partial charge is 0.497 e. The molecule has 1 N–H and O–H groups in total. The van der Waals surface area contributed by atoms with Gasteiger partial charge in [0.05, 0.1) is 17.7 Å². The van der Waals surface area contributed by atoms with Crippen molar-refractivity contribution in [1.82, 2.24) is 10.2 Å². The molecule has 0 spiro atoms. The maximum atomic E-state index is 11.8. The van der Waals surface area contributed by atoms with Crippen molar-refractivity contribution in [3.63, 3.8) is 0 Å². The molecule has 1 atom stereocenters. The standard InChI is InChI=1S/C13H15N3O4/c1-8-12(16(18)19)11(14-13(17)15(8)2)9-4-6-10(20-3)7-5-9/h4-7,11H,1-3H3,(H,14,17)/t11-/m1/s1. The van der Waals surface area contributed by atoms with Crippen LogP contribution in [0.1, 0.15) is 18.5 Å². The number of carbonyl (C=O) groups excluding carboxylic acids is 1. The molecule has 0 fully saturated rings. The Bertz CT molecular complexity index is 580. The van der Waals surface area contributed by atoms with Crippen molar-refractivity contribution in [1.29, 1.82) is 0 Å². The van der Waals surface area contributed by atoms with E-state index >= 15 is 0 Å². The Hall–Kier alpha value is -2.57. The summed E-state index contributed by atoms with van der Waals surface area (Å²) in [6.07, 6.45) is 0. The zero-order valence-corrected chi connectivity index (χ0v) is 11.4. The number of carbonyl (C=O) groups is 1. The summed E-state index contributed by atoms with van der Waals surface area (Å²) < 4.78 is 5.05. The van der Waals surface area contributed by atoms with E-state index in [1.807, 2.05) is 0 Å². The zero-order valence-electron chi connectivity index (χ0n) is 11.4. The highest BCUT2D eigenvalue weighted by atomic mass is 16.6. The number of hydrogen-bond donors (Lipinski definition) is 1. The average molecular weight is 277 g/mol. The number of hydrogen-bond acceptors (Lipinski definition) is 4. The molecule has 0 radical (unpaired) electrons. The van der Waals surface area contributed by atoms with Gasteiger partial charge < -0.3 is 10.1 Å². The molecular formula is C13H15N3O4. The molecule has 20 heavy (non-hydrogen) atoms. The number of methoxy groups -OCH3 is 1. The van der Waals surface area contributed by atoms with E-state index in [0.29, 0.717) is 17.0 Å². The molecule has 1 heterocycles. The first-order valence-electron chi connectivity index (χ1n) is 5.99. The summed E-state index contributed by atoms with van der Waals surface area (Å²) in [6, 6.07) is 5.67. The molecular weight excluding hydrogens is 262 g/mol. The Kier molecular flexibility index (Phi) is 3.60. The van der Waals surface area contributed by atoms with Gasteiger partial charge >= 0.3 is 6.03 Å². The maximum absolute atomic E-state index is 11.8. The summed E-state index contributed by atoms with van der Waals surface area (Å²) in [7, 11) is 3.04. The third-order valence-electron chi connectivity index (χ3n) is 3.37. The Labute approximate surface area is 116 Å². The maximum Gasteiger partial charge on any atom is 0.322 e. The second-order valence-corrected chi connectivity index (χ2v) is 4.44. The number of nitro groups is 1. The van der Waals surface area contributed by atoms with Crippen molar-refractivity contribution < 1.29 is 14.5 Å². The highest BCUT2D eigenvalue weighted by molar-refractivity contribution is 5.78. The minimum atomic E-state index is -0.764. The van der Waals surface area contributed by atoms with Gasteiger partial charge in [0.25, 0.3) is 5.70 Å². The van der Waals surface area contributed by atoms with Gasteiger partial charge in [0.1, 0.15) is 11.8 Å². The third kappa shape index (κ3) is 2.29. The van der Waals surface area contributed by atoms with Gasteiger partial charge in [-0.2, -0.15) is 0 Å². The normalized spacial score (nSPS) is 18.9. The monoisotopic (exact) mass is 277 g/mol. The second kappa shape index (κ2) is 5.20. The van der Waals surface area contributed by atoms with Gasteiger partial charge in [0, 0.05) is 7.05 Å². The first-order chi connectivity index (χ1) is 9.45. The van der Waals surface area contributed by atoms with Gasteiger partial charge in [0.2, 0.25) is 0 Å². The molecule has 0 saturated carbocycles. The summed E-state index contributed by atoms with van der Waals surface area (Å²) in [5.74, 6) is 0.649. The van der Waals surface area contributed by atoms with Gasteiger partial charge in [-0.3, -0.25) is 15.0 Å². The third-order valence-corrected chi connectivity index (χ3v) is 3.37. The van der Waals surface area contributed by atoms with Crippen LogP contribution < -0.4 is 10.1 Å². The number of amides is 2. The van der Waals surface area contributed by atoms with Crippen LogP contribution in [0, 0.1) is 10.1 Å². The molecule has 7 heteroatoms. The molecule has 0 bridgehead atoms. The van der Waals surface area contributed by atoms with E-state index in [4.69, 9.17) is 4.74 Å². The quantitative estimate of drug-likeness (QED) is 0.675. The van der Waals surface area contributed by atoms with Gasteiger partial charge in [0.15, 0.2) is 0 Å². The molecule has 1 aromatic carbocycles. The van der Waals surface area contributed by atoms with Crippen LogP contribution in [0.15, 0.2) is 35.7 Å². The fourth-order valence-corrected chi connectivity index (χ4v) is 2.10. The van der Waals surface area contributed by atoms with Crippen LogP contribution >= 0.6 is 0 Å². The minimum Gasteiger partial charge on any atom is -0.497 e. The number of nitrogens with zero attached hydrogens (tertiary/aromatic N) is 2. The number of benzene rings is 1. The molecule has 1 aliphatic heterocycles. The van der Waals surface area contributed by atoms with Crippen molar-refractivity contribution >= 4 is 6.03 Å². The molecule has 1 aromatic rings. The Morgan fingerprint density at radius 3 is 2.45 bits per heavy atom. The molecule has 2 amide bonds. The molecule has 7 nitrogen and oxygen atoms in total. The van der Waals surface area contributed by atoms with E-state index in [0.717, 1.165) is 0 Å². The van der Waals surface area contributed by atoms with Crippen LogP contribution in [-0.2, 0) is 0 Å². The number of nitrogens with one attached hydrogen (secondary N) is 1. The predicted molar refractivity (Wildman–Crippen MR) is 71.7 cm³/mol. The number of ether oxygens (including phenoxy) is 1. The highest BCUT2D eigenvalue weighted by Crippen LogP contribution is 2.30. The number of rotatable bonds is 3. The lowest BCUT2D eigenvalue weighted by Crippen LogP contribution is -2.45. The first-order valence-corrected chi connectivity index (χ1v) is 5.99. The van der Waals surface area contributed by atoms with E-state index in [1.54, 1.807) is 38.3 Å². The van der Waals surface area contributed by atoms with Crippen molar-refractivity contribution in [2.45, 2.75) is 13.0 Å². The van der Waals surface area contributed by atoms with E-state index in [2.05, 4.69) is 5.32 Å². The molecule has 0 saturated heterocycles. The first kappa shape index (κ1) is 13.9. The van der Waals surface area contributed by atoms with E-state index in [-0.39, 0.29) is 11.7 Å². The van der Waals surface area contributed by atoms with Gasteiger partial charge in [-0.1, -0.05) is 12.1 Å². The predicted octanol–water partition coefficient (Wildman–Crippen LogP) is 1.90. The molecule has 0 aliphatic carbocycles. The summed E-state index contributed by atoms with van der Waals surface area (Å²) in [6.45, 7) is 1.56. The lowest BCUT2D eigenvalue weighted by atomic mass is 10.0. The average Bonchev–Trinajstić information content (AvgIpc) is 2.44. The minimum absolute atomic E-state index is 0.0303. The van der Waals surface area contributed by atoms with Crippen molar-refractivity contribution in [2.75, 3.05) is 14.2 Å². The highest BCUT2D eigenvalue weighted by Gasteiger charge is 2.37. The van der Waals surface area contributed by atoms with Crippen LogP contribution in [0.2, 0.25) is 0 Å². The van der Waals surface area contributed by atoms with Gasteiger partial charge in [-0.25, -0.2) is 4.79 Å². The molecule has 0 unspecified atom stereocenters. The fourth-order valence-electron chi connectivity index (χ4n) is 2.10. The van der Waals surface area contributed by atoms with Gasteiger partial charge in [-0.15, -0.1) is 0 Å². The molecule has 0 aromatic heterocycles. The molecule has 1 aliphatic rings. The van der Waals surface area contributed by atoms with Crippen LogP contribution in [0.3, 0.4) is 0 Å². The number of allylic oxidation sites excluding steroid dienone is 1. The van der Waals surface area contributed by atoms with E-state index in [1.165, 1.54) is 11.9 Å². The Morgan fingerprint density at radius 1 is 1.35 bits per heavy atom. The summed E-state index contributed by atoms with van der Waals surface area (Å²) >= 11 is 0. The van der Waals surface area contributed by atoms with Crippen LogP contribution in [-0.4, -0.2) is 30.0 Å². The fraction of sp³-hybridized carbons (Fsp3) is 0.308. The van der Waals surface area contributed by atoms with Crippen molar-refractivity contribution in [3.8, 4) is 5.75 Å². The van der Waals surface area contributed by atoms with Crippen LogP contribution in [0.4, 0.5) is 4.79 Å². The molecule has 106 valence electrons. The number of urea groups is 1. The molecule has 2 rings (SSSR count). The summed E-state index contributed by atoms with van der Waals surface area (Å²) in [5.41, 5.74) is 0.940. The summed E-state index contributed by atoms with van der Waals surface area (Å²) in [4.78, 5) is 23.9. The SMILES string of the molecule is COc1ccc([C@H]2NC(=O)N(C)C(C)=C2[N+](=O)[O-])cc1. The summed E-state index contributed by atoms with van der Waals surface area (Å²) in [5, 5.41) is 13.9. The Balaban J connectivity index is 2.47. The van der Waals surface area contributed by atoms with Crippen molar-refractivity contribution in [2.24, 2.45) is 0 Å². The topological polar surface area (TPSA) is 84.7 Å². The van der Waals surface area contributed by atoms with Crippen LogP contribution in [0.5, 0.6) is 5.75 Å². The second-order valence-electron chi connectivity index (χ2n) is 4.44. The lowest BCUT2D eigenvalue weighted by Gasteiger charge is -2.29. The van der Waals surface area contributed by atoms with Gasteiger partial charge in [-0.05, 0) is 24.6 Å². The smallest absolute Gasteiger partial charge is 0.322 e. The zero-order chi connectivity index (χ0) is 14.9. The van der Waals surface area contributed by atoms with Crippen LogP contribution in [0.25, 0.3) is 0 Å². The lowest BCUT2D eigenvalue weighted by molar-refractivity contribution is -0.433. The van der Waals surface area contributed by atoms with Crippen molar-refractivity contribution in [3.05, 3.63) is 51.3 Å².